The van der Waals surface area contributed by atoms with Crippen LogP contribution in [0.4, 0.5) is 0 Å². The van der Waals surface area contributed by atoms with Crippen LogP contribution in [0.1, 0.15) is 16.1 Å². The Labute approximate surface area is 114 Å². The molecule has 1 aromatic carbocycles. The number of aromatic nitrogens is 5. The van der Waals surface area contributed by atoms with Gasteiger partial charge in [-0.3, -0.25) is 4.79 Å². The van der Waals surface area contributed by atoms with E-state index in [0.29, 0.717) is 5.69 Å². The summed E-state index contributed by atoms with van der Waals surface area (Å²) in [5.74, 6) is -0.623. The number of nitrogens with one attached hydrogen (secondary N) is 1. The van der Waals surface area contributed by atoms with Gasteiger partial charge in [0.25, 0.3) is 5.91 Å². The van der Waals surface area contributed by atoms with Crippen molar-refractivity contribution in [3.63, 3.8) is 0 Å². The van der Waals surface area contributed by atoms with Crippen molar-refractivity contribution in [3.8, 4) is 16.9 Å². The summed E-state index contributed by atoms with van der Waals surface area (Å²) in [4.78, 5) is 11.4. The third kappa shape index (κ3) is 1.95. The zero-order chi connectivity index (χ0) is 14.1. The molecule has 0 aliphatic heterocycles. The number of aryl methyl sites for hydroxylation is 1. The van der Waals surface area contributed by atoms with E-state index in [0.717, 1.165) is 16.8 Å². The van der Waals surface area contributed by atoms with Crippen molar-refractivity contribution >= 4 is 5.91 Å². The number of aromatic amines is 1. The first-order valence-electron chi connectivity index (χ1n) is 5.98. The van der Waals surface area contributed by atoms with Gasteiger partial charge in [0.15, 0.2) is 5.69 Å². The van der Waals surface area contributed by atoms with Crippen LogP contribution in [-0.2, 0) is 0 Å². The summed E-state index contributed by atoms with van der Waals surface area (Å²) >= 11 is 0. The van der Waals surface area contributed by atoms with Crippen molar-refractivity contribution in [2.24, 2.45) is 5.73 Å². The number of primary amides is 1. The Balaban J connectivity index is 2.25. The molecular formula is C13H12N6O. The number of nitrogens with zero attached hydrogens (tertiary/aromatic N) is 4. The number of hydrogen-bond acceptors (Lipinski definition) is 4. The van der Waals surface area contributed by atoms with Gasteiger partial charge in [-0.15, -0.1) is 0 Å². The topological polar surface area (TPSA) is 102 Å². The molecule has 3 rings (SSSR count). The number of carbonyl (C=O) groups excluding carboxylic acids is 1. The maximum Gasteiger partial charge on any atom is 0.271 e. The van der Waals surface area contributed by atoms with Crippen LogP contribution >= 0.6 is 0 Å². The number of hydrogen-bond donors (Lipinski definition) is 2. The molecule has 1 amide bonds. The minimum atomic E-state index is -0.623. The quantitative estimate of drug-likeness (QED) is 0.741. The summed E-state index contributed by atoms with van der Waals surface area (Å²) in [5, 5.41) is 14.5. The van der Waals surface area contributed by atoms with Gasteiger partial charge >= 0.3 is 0 Å². The number of carbonyl (C=O) groups is 1. The fourth-order valence-corrected chi connectivity index (χ4v) is 2.04. The van der Waals surface area contributed by atoms with Crippen LogP contribution < -0.4 is 5.73 Å². The molecule has 0 radical (unpaired) electrons. The first-order valence-corrected chi connectivity index (χ1v) is 5.98. The van der Waals surface area contributed by atoms with Gasteiger partial charge in [-0.2, -0.15) is 20.5 Å². The predicted octanol–water partition coefficient (Wildman–Crippen LogP) is 1.06. The SMILES string of the molecule is Cc1ccc(-n2cccn2)c(-c2n[nH]nc2C(N)=O)c1. The average Bonchev–Trinajstić information content (AvgIpc) is 3.10. The number of nitrogens with two attached hydrogens (primary N) is 1. The van der Waals surface area contributed by atoms with Gasteiger partial charge in [-0.1, -0.05) is 11.6 Å². The van der Waals surface area contributed by atoms with Gasteiger partial charge < -0.3 is 5.73 Å². The summed E-state index contributed by atoms with van der Waals surface area (Å²) in [7, 11) is 0. The van der Waals surface area contributed by atoms with Crippen LogP contribution in [0.25, 0.3) is 16.9 Å². The smallest absolute Gasteiger partial charge is 0.271 e. The van der Waals surface area contributed by atoms with E-state index in [-0.39, 0.29) is 5.69 Å². The highest BCUT2D eigenvalue weighted by Gasteiger charge is 2.19. The third-order valence-electron chi connectivity index (χ3n) is 2.94. The van der Waals surface area contributed by atoms with Crippen molar-refractivity contribution < 1.29 is 4.79 Å². The second-order valence-corrected chi connectivity index (χ2v) is 4.36. The third-order valence-corrected chi connectivity index (χ3v) is 2.94. The molecule has 2 heterocycles. The lowest BCUT2D eigenvalue weighted by atomic mass is 10.0. The Morgan fingerprint density at radius 3 is 2.90 bits per heavy atom. The number of rotatable bonds is 3. The van der Waals surface area contributed by atoms with E-state index in [9.17, 15) is 4.79 Å². The van der Waals surface area contributed by atoms with Crippen molar-refractivity contribution in [1.82, 2.24) is 25.2 Å². The molecule has 7 nitrogen and oxygen atoms in total. The van der Waals surface area contributed by atoms with Crippen molar-refractivity contribution in [2.75, 3.05) is 0 Å². The van der Waals surface area contributed by atoms with E-state index in [1.54, 1.807) is 10.9 Å². The van der Waals surface area contributed by atoms with Crippen LogP contribution in [0.5, 0.6) is 0 Å². The lowest BCUT2D eigenvalue weighted by molar-refractivity contribution is 0.0996. The summed E-state index contributed by atoms with van der Waals surface area (Å²) in [6.07, 6.45) is 3.50. The molecule has 0 bridgehead atoms. The van der Waals surface area contributed by atoms with E-state index < -0.39 is 5.91 Å². The molecule has 0 spiro atoms. The lowest BCUT2D eigenvalue weighted by Crippen LogP contribution is -2.13. The van der Waals surface area contributed by atoms with Gasteiger partial charge in [-0.05, 0) is 25.1 Å². The molecule has 0 atom stereocenters. The highest BCUT2D eigenvalue weighted by Crippen LogP contribution is 2.27. The normalized spacial score (nSPS) is 10.7. The Hall–Kier alpha value is -2.96. The average molecular weight is 268 g/mol. The van der Waals surface area contributed by atoms with Crippen molar-refractivity contribution in [2.45, 2.75) is 6.92 Å². The fourth-order valence-electron chi connectivity index (χ4n) is 2.04. The molecule has 3 aromatic rings. The minimum Gasteiger partial charge on any atom is -0.364 e. The van der Waals surface area contributed by atoms with Crippen molar-refractivity contribution in [3.05, 3.63) is 47.9 Å². The maximum absolute atomic E-state index is 11.4. The minimum absolute atomic E-state index is 0.115. The van der Waals surface area contributed by atoms with Gasteiger partial charge in [0.2, 0.25) is 0 Å². The first-order chi connectivity index (χ1) is 9.66. The van der Waals surface area contributed by atoms with Gasteiger partial charge in [0.1, 0.15) is 5.69 Å². The Kier molecular flexibility index (Phi) is 2.79. The van der Waals surface area contributed by atoms with Crippen LogP contribution in [0, 0.1) is 6.92 Å². The number of H-pyrrole nitrogens is 1. The van der Waals surface area contributed by atoms with Crippen LogP contribution in [0.2, 0.25) is 0 Å². The van der Waals surface area contributed by atoms with E-state index in [4.69, 9.17) is 5.73 Å². The number of amides is 1. The zero-order valence-corrected chi connectivity index (χ0v) is 10.7. The lowest BCUT2D eigenvalue weighted by Gasteiger charge is -2.09. The highest BCUT2D eigenvalue weighted by molar-refractivity contribution is 5.97. The predicted molar refractivity (Wildman–Crippen MR) is 72.2 cm³/mol. The summed E-state index contributed by atoms with van der Waals surface area (Å²) in [5.41, 5.74) is 8.44. The second kappa shape index (κ2) is 4.61. The molecule has 0 saturated carbocycles. The molecule has 20 heavy (non-hydrogen) atoms. The van der Waals surface area contributed by atoms with E-state index in [2.05, 4.69) is 20.5 Å². The fraction of sp³-hybridized carbons (Fsp3) is 0.0769. The molecule has 100 valence electrons. The number of benzene rings is 1. The van der Waals surface area contributed by atoms with E-state index in [1.165, 1.54) is 0 Å². The molecule has 7 heteroatoms. The maximum atomic E-state index is 11.4. The molecule has 0 saturated heterocycles. The second-order valence-electron chi connectivity index (χ2n) is 4.36. The Morgan fingerprint density at radius 1 is 1.35 bits per heavy atom. The molecule has 0 aliphatic rings. The first kappa shape index (κ1) is 12.1. The Morgan fingerprint density at radius 2 is 2.20 bits per heavy atom. The van der Waals surface area contributed by atoms with Crippen LogP contribution in [0.15, 0.2) is 36.7 Å². The standard InChI is InChI=1S/C13H12N6O/c1-8-3-4-10(19-6-2-5-15-19)9(7-8)11-12(13(14)20)17-18-16-11/h2-7H,1H3,(H2,14,20)(H,16,17,18). The molecule has 0 unspecified atom stereocenters. The molecule has 3 N–H and O–H groups in total. The van der Waals surface area contributed by atoms with E-state index >= 15 is 0 Å². The largest absolute Gasteiger partial charge is 0.364 e. The summed E-state index contributed by atoms with van der Waals surface area (Å²) in [6.45, 7) is 1.96. The van der Waals surface area contributed by atoms with Crippen LogP contribution in [0.3, 0.4) is 0 Å². The van der Waals surface area contributed by atoms with E-state index in [1.807, 2.05) is 37.4 Å². The van der Waals surface area contributed by atoms with Crippen molar-refractivity contribution in [1.29, 1.82) is 0 Å². The summed E-state index contributed by atoms with van der Waals surface area (Å²) in [6, 6.07) is 7.62. The van der Waals surface area contributed by atoms with Crippen LogP contribution in [-0.4, -0.2) is 31.1 Å². The summed E-state index contributed by atoms with van der Waals surface area (Å²) < 4.78 is 1.70. The molecule has 2 aromatic heterocycles. The molecule has 0 fully saturated rings. The Bertz CT molecular complexity index is 759. The van der Waals surface area contributed by atoms with Gasteiger partial charge in [0.05, 0.1) is 5.69 Å². The molecular weight excluding hydrogens is 256 g/mol. The zero-order valence-electron chi connectivity index (χ0n) is 10.7. The van der Waals surface area contributed by atoms with Gasteiger partial charge in [0, 0.05) is 18.0 Å². The highest BCUT2D eigenvalue weighted by atomic mass is 16.1. The molecule has 0 aliphatic carbocycles. The monoisotopic (exact) mass is 268 g/mol. The van der Waals surface area contributed by atoms with Gasteiger partial charge in [-0.25, -0.2) is 4.68 Å².